The van der Waals surface area contributed by atoms with E-state index in [1.54, 1.807) is 6.07 Å². The molecule has 112 valence electrons. The molecule has 0 atom stereocenters. The first-order valence-corrected chi connectivity index (χ1v) is 8.00. The monoisotopic (exact) mass is 304 g/mol. The molecule has 1 N–H and O–H groups in total. The highest BCUT2D eigenvalue weighted by Crippen LogP contribution is 2.16. The summed E-state index contributed by atoms with van der Waals surface area (Å²) < 4.78 is 0.719. The Balaban J connectivity index is 2.09. The fourth-order valence-corrected chi connectivity index (χ4v) is 3.04. The van der Waals surface area contributed by atoms with Gasteiger partial charge < -0.3 is 10.2 Å². The van der Waals surface area contributed by atoms with E-state index >= 15 is 0 Å². The molecule has 0 unspecified atom stereocenters. The van der Waals surface area contributed by atoms with Crippen molar-refractivity contribution >= 4 is 27.3 Å². The molecule has 0 aliphatic rings. The van der Waals surface area contributed by atoms with Crippen molar-refractivity contribution < 1.29 is 4.79 Å². The summed E-state index contributed by atoms with van der Waals surface area (Å²) in [5.74, 6) is -0.283. The van der Waals surface area contributed by atoms with Crippen LogP contribution in [0.2, 0.25) is 0 Å². The van der Waals surface area contributed by atoms with Gasteiger partial charge in [0.05, 0.1) is 5.56 Å². The van der Waals surface area contributed by atoms with Crippen molar-refractivity contribution in [2.75, 3.05) is 26.2 Å². The van der Waals surface area contributed by atoms with Crippen molar-refractivity contribution in [1.29, 1.82) is 0 Å². The van der Waals surface area contributed by atoms with Crippen LogP contribution in [0.15, 0.2) is 35.1 Å². The normalized spacial score (nSPS) is 11.0. The lowest BCUT2D eigenvalue weighted by Crippen LogP contribution is -2.36. The Hall–Kier alpha value is -1.72. The molecular formula is C16H20N2O2S. The molecule has 4 nitrogen and oxygen atoms in total. The van der Waals surface area contributed by atoms with Gasteiger partial charge in [0.2, 0.25) is 4.74 Å². The van der Waals surface area contributed by atoms with Gasteiger partial charge in [-0.25, -0.2) is 0 Å². The second-order valence-electron chi connectivity index (χ2n) is 4.77. The van der Waals surface area contributed by atoms with Crippen molar-refractivity contribution in [2.24, 2.45) is 0 Å². The van der Waals surface area contributed by atoms with E-state index in [0.29, 0.717) is 6.54 Å². The lowest BCUT2D eigenvalue weighted by Gasteiger charge is -2.17. The molecule has 0 saturated heterocycles. The van der Waals surface area contributed by atoms with Crippen molar-refractivity contribution in [1.82, 2.24) is 10.2 Å². The molecule has 0 bridgehead atoms. The van der Waals surface area contributed by atoms with E-state index in [4.69, 9.17) is 0 Å². The Kier molecular flexibility index (Phi) is 5.47. The van der Waals surface area contributed by atoms with Crippen molar-refractivity contribution in [3.05, 3.63) is 45.4 Å². The van der Waals surface area contributed by atoms with Gasteiger partial charge in [-0.05, 0) is 30.6 Å². The van der Waals surface area contributed by atoms with Gasteiger partial charge in [-0.15, -0.1) is 0 Å². The number of nitrogens with zero attached hydrogens (tertiary/aromatic N) is 1. The Morgan fingerprint density at radius 2 is 1.95 bits per heavy atom. The van der Waals surface area contributed by atoms with Crippen molar-refractivity contribution in [3.63, 3.8) is 0 Å². The molecule has 0 radical (unpaired) electrons. The molecule has 0 saturated carbocycles. The van der Waals surface area contributed by atoms with Crippen molar-refractivity contribution in [3.8, 4) is 0 Å². The predicted octanol–water partition coefficient (Wildman–Crippen LogP) is 2.33. The molecule has 1 aromatic heterocycles. The van der Waals surface area contributed by atoms with E-state index in [2.05, 4.69) is 24.1 Å². The number of benzene rings is 1. The van der Waals surface area contributed by atoms with Crippen LogP contribution in [0.1, 0.15) is 24.2 Å². The molecule has 2 aromatic rings. The third-order valence-corrected chi connectivity index (χ3v) is 4.49. The van der Waals surface area contributed by atoms with Gasteiger partial charge in [-0.3, -0.25) is 9.59 Å². The minimum absolute atomic E-state index is 0.186. The Labute approximate surface area is 128 Å². The maximum absolute atomic E-state index is 12.1. The van der Waals surface area contributed by atoms with E-state index in [1.807, 2.05) is 24.3 Å². The van der Waals surface area contributed by atoms with Gasteiger partial charge in [-0.2, -0.15) is 0 Å². The first kappa shape index (κ1) is 15.7. The van der Waals surface area contributed by atoms with E-state index in [9.17, 15) is 9.59 Å². The number of likely N-dealkylation sites (N-methyl/N-ethyl adjacent to an activating group) is 1. The van der Waals surface area contributed by atoms with Crippen LogP contribution in [0.5, 0.6) is 0 Å². The van der Waals surface area contributed by atoms with Gasteiger partial charge in [0.1, 0.15) is 0 Å². The van der Waals surface area contributed by atoms with Gasteiger partial charge in [-0.1, -0.05) is 43.4 Å². The Morgan fingerprint density at radius 1 is 1.24 bits per heavy atom. The first-order valence-electron chi connectivity index (χ1n) is 7.19. The molecule has 2 rings (SSSR count). The summed E-state index contributed by atoms with van der Waals surface area (Å²) in [6, 6.07) is 9.28. The number of hydrogen-bond acceptors (Lipinski definition) is 4. The number of nitrogens with one attached hydrogen (secondary N) is 1. The van der Waals surface area contributed by atoms with Crippen LogP contribution >= 0.6 is 11.3 Å². The summed E-state index contributed by atoms with van der Waals surface area (Å²) >= 11 is 1.12. The van der Waals surface area contributed by atoms with Gasteiger partial charge in [0.15, 0.2) is 0 Å². The highest BCUT2D eigenvalue weighted by molar-refractivity contribution is 7.16. The fourth-order valence-electron chi connectivity index (χ4n) is 2.18. The number of rotatable bonds is 6. The lowest BCUT2D eigenvalue weighted by molar-refractivity contribution is 0.0948. The second kappa shape index (κ2) is 7.33. The van der Waals surface area contributed by atoms with Crippen LogP contribution in [-0.4, -0.2) is 37.0 Å². The highest BCUT2D eigenvalue weighted by Gasteiger charge is 2.11. The summed E-state index contributed by atoms with van der Waals surface area (Å²) in [6.45, 7) is 7.44. The number of carbonyl (C=O) groups excluding carboxylic acids is 1. The van der Waals surface area contributed by atoms with Gasteiger partial charge in [0.25, 0.3) is 5.91 Å². The fraction of sp³-hybridized carbons (Fsp3) is 0.375. The van der Waals surface area contributed by atoms with Crippen molar-refractivity contribution in [2.45, 2.75) is 13.8 Å². The summed E-state index contributed by atoms with van der Waals surface area (Å²) in [4.78, 5) is 26.4. The minimum atomic E-state index is -0.283. The number of fused-ring (bicyclic) bond motifs is 1. The van der Waals surface area contributed by atoms with Crippen LogP contribution in [0.25, 0.3) is 10.1 Å². The maximum atomic E-state index is 12.1. The summed E-state index contributed by atoms with van der Waals surface area (Å²) in [6.07, 6.45) is 0. The van der Waals surface area contributed by atoms with E-state index in [1.165, 1.54) is 0 Å². The van der Waals surface area contributed by atoms with E-state index in [-0.39, 0.29) is 16.2 Å². The van der Waals surface area contributed by atoms with Crippen LogP contribution in [-0.2, 0) is 0 Å². The molecule has 1 aromatic carbocycles. The molecular weight excluding hydrogens is 284 g/mol. The van der Waals surface area contributed by atoms with E-state index < -0.39 is 0 Å². The summed E-state index contributed by atoms with van der Waals surface area (Å²) in [5, 5.41) is 3.76. The lowest BCUT2D eigenvalue weighted by atomic mass is 10.2. The zero-order chi connectivity index (χ0) is 15.2. The maximum Gasteiger partial charge on any atom is 0.256 e. The second-order valence-corrected chi connectivity index (χ2v) is 5.78. The van der Waals surface area contributed by atoms with Crippen LogP contribution in [0.3, 0.4) is 0 Å². The largest absolute Gasteiger partial charge is 0.351 e. The molecule has 0 aliphatic heterocycles. The van der Waals surface area contributed by atoms with Gasteiger partial charge in [0, 0.05) is 17.8 Å². The number of hydrogen-bond donors (Lipinski definition) is 1. The van der Waals surface area contributed by atoms with Crippen LogP contribution in [0, 0.1) is 0 Å². The molecule has 1 heterocycles. The topological polar surface area (TPSA) is 49.4 Å². The van der Waals surface area contributed by atoms with E-state index in [0.717, 1.165) is 41.1 Å². The Morgan fingerprint density at radius 3 is 2.67 bits per heavy atom. The number of carbonyl (C=O) groups is 1. The van der Waals surface area contributed by atoms with Crippen LogP contribution in [0.4, 0.5) is 0 Å². The third kappa shape index (κ3) is 3.89. The average Bonchev–Trinajstić information content (AvgIpc) is 2.50. The molecule has 21 heavy (non-hydrogen) atoms. The molecule has 5 heteroatoms. The minimum Gasteiger partial charge on any atom is -0.351 e. The average molecular weight is 304 g/mol. The van der Waals surface area contributed by atoms with Crippen LogP contribution < -0.4 is 10.1 Å². The molecule has 0 aliphatic carbocycles. The molecule has 0 spiro atoms. The summed E-state index contributed by atoms with van der Waals surface area (Å²) in [7, 11) is 0. The molecule has 0 fully saturated rings. The standard InChI is InChI=1S/C16H20N2O2S/c1-3-18(4-2)10-9-17-15(19)13-11-12-7-5-6-8-14(12)21-16(13)20/h5-8,11H,3-4,9-10H2,1-2H3,(H,17,19). The predicted molar refractivity (Wildman–Crippen MR) is 88.2 cm³/mol. The quantitative estimate of drug-likeness (QED) is 0.891. The molecule has 1 amide bonds. The highest BCUT2D eigenvalue weighted by atomic mass is 32.1. The smallest absolute Gasteiger partial charge is 0.256 e. The zero-order valence-electron chi connectivity index (χ0n) is 12.4. The third-order valence-electron chi connectivity index (χ3n) is 3.49. The SMILES string of the molecule is CCN(CC)CCNC(=O)c1cc2ccccc2sc1=O. The Bertz CT molecular complexity index is 677. The summed E-state index contributed by atoms with van der Waals surface area (Å²) in [5.41, 5.74) is 0.234. The number of amides is 1. The zero-order valence-corrected chi connectivity index (χ0v) is 13.2. The first-order chi connectivity index (χ1) is 10.2. The van der Waals surface area contributed by atoms with Gasteiger partial charge >= 0.3 is 0 Å².